The Hall–Kier alpha value is -0.340. The fourth-order valence-corrected chi connectivity index (χ4v) is 1.28. The van der Waals surface area contributed by atoms with Gasteiger partial charge in [-0.3, -0.25) is 4.90 Å². The highest BCUT2D eigenvalue weighted by Crippen LogP contribution is 2.06. The molecule has 0 aliphatic carbocycles. The van der Waals surface area contributed by atoms with Gasteiger partial charge in [0, 0.05) is 25.7 Å². The normalized spacial score (nSPS) is 11.7. The van der Waals surface area contributed by atoms with Crippen molar-refractivity contribution in [2.75, 3.05) is 19.6 Å². The van der Waals surface area contributed by atoms with E-state index in [0.29, 0.717) is 18.5 Å². The minimum Gasteiger partial charge on any atom is -0.327 e. The van der Waals surface area contributed by atoms with Crippen LogP contribution in [0.2, 0.25) is 0 Å². The van der Waals surface area contributed by atoms with Crippen LogP contribution in [0.1, 0.15) is 27.7 Å². The maximum atomic E-state index is 5.53. The minimum atomic E-state index is 0.575. The lowest BCUT2D eigenvalue weighted by molar-refractivity contribution is 0.214. The van der Waals surface area contributed by atoms with Crippen LogP contribution in [0.4, 0.5) is 0 Å². The van der Waals surface area contributed by atoms with Crippen LogP contribution in [0, 0.1) is 5.92 Å². The monoisotopic (exact) mass is 184 g/mol. The first kappa shape index (κ1) is 12.7. The van der Waals surface area contributed by atoms with Crippen LogP contribution >= 0.6 is 0 Å². The highest BCUT2D eigenvalue weighted by atomic mass is 15.1. The topological polar surface area (TPSA) is 29.3 Å². The first-order valence-electron chi connectivity index (χ1n) is 5.08. The van der Waals surface area contributed by atoms with Crippen LogP contribution < -0.4 is 5.73 Å². The molecular formula is C11H24N2. The second-order valence-corrected chi connectivity index (χ2v) is 4.37. The summed E-state index contributed by atoms with van der Waals surface area (Å²) in [5.41, 5.74) is 6.64. The Morgan fingerprint density at radius 1 is 1.31 bits per heavy atom. The van der Waals surface area contributed by atoms with Gasteiger partial charge in [-0.1, -0.05) is 20.4 Å². The first-order valence-corrected chi connectivity index (χ1v) is 5.08. The van der Waals surface area contributed by atoms with Gasteiger partial charge >= 0.3 is 0 Å². The molecule has 0 aromatic carbocycles. The summed E-state index contributed by atoms with van der Waals surface area (Å²) in [6.45, 7) is 15.5. The number of nitrogens with zero attached hydrogens (tertiary/aromatic N) is 1. The molecule has 0 amide bonds. The van der Waals surface area contributed by atoms with Crippen molar-refractivity contribution >= 4 is 0 Å². The predicted octanol–water partition coefficient (Wildman–Crippen LogP) is 1.87. The van der Waals surface area contributed by atoms with Crippen molar-refractivity contribution < 1.29 is 0 Å². The van der Waals surface area contributed by atoms with E-state index in [2.05, 4.69) is 39.2 Å². The van der Waals surface area contributed by atoms with Crippen molar-refractivity contribution in [2.24, 2.45) is 11.7 Å². The largest absolute Gasteiger partial charge is 0.327 e. The molecule has 13 heavy (non-hydrogen) atoms. The quantitative estimate of drug-likeness (QED) is 0.639. The van der Waals surface area contributed by atoms with Crippen molar-refractivity contribution in [3.63, 3.8) is 0 Å². The Bertz CT molecular complexity index is 150. The summed E-state index contributed by atoms with van der Waals surface area (Å²) in [5.74, 6) is 0.702. The third-order valence-electron chi connectivity index (χ3n) is 2.05. The van der Waals surface area contributed by atoms with Crippen LogP contribution in [0.3, 0.4) is 0 Å². The highest BCUT2D eigenvalue weighted by Gasteiger charge is 2.11. The van der Waals surface area contributed by atoms with Crippen molar-refractivity contribution in [3.8, 4) is 0 Å². The summed E-state index contributed by atoms with van der Waals surface area (Å²) in [6.07, 6.45) is 0. The molecule has 0 aliphatic heterocycles. The van der Waals surface area contributed by atoms with E-state index >= 15 is 0 Å². The van der Waals surface area contributed by atoms with Crippen molar-refractivity contribution in [1.29, 1.82) is 0 Å². The second kappa shape index (κ2) is 6.17. The van der Waals surface area contributed by atoms with E-state index in [0.717, 1.165) is 18.7 Å². The van der Waals surface area contributed by atoms with Gasteiger partial charge in [-0.2, -0.15) is 0 Å². The average Bonchev–Trinajstić information content (AvgIpc) is 2.02. The van der Waals surface area contributed by atoms with Gasteiger partial charge in [-0.05, 0) is 25.3 Å². The molecule has 0 spiro atoms. The van der Waals surface area contributed by atoms with E-state index in [1.807, 2.05) is 0 Å². The Labute approximate surface area is 82.8 Å². The molecule has 0 fully saturated rings. The molecule has 2 nitrogen and oxygen atoms in total. The van der Waals surface area contributed by atoms with Gasteiger partial charge in [0.15, 0.2) is 0 Å². The molecule has 0 radical (unpaired) electrons. The average molecular weight is 184 g/mol. The lowest BCUT2D eigenvalue weighted by Crippen LogP contribution is -2.36. The number of rotatable bonds is 6. The van der Waals surface area contributed by atoms with Gasteiger partial charge in [0.1, 0.15) is 0 Å². The molecule has 0 heterocycles. The van der Waals surface area contributed by atoms with Gasteiger partial charge in [0.2, 0.25) is 0 Å². The van der Waals surface area contributed by atoms with E-state index in [9.17, 15) is 0 Å². The summed E-state index contributed by atoms with van der Waals surface area (Å²) >= 11 is 0. The van der Waals surface area contributed by atoms with Gasteiger partial charge in [0.05, 0.1) is 0 Å². The molecule has 2 heteroatoms. The predicted molar refractivity (Wildman–Crippen MR) is 59.7 cm³/mol. The Morgan fingerprint density at radius 2 is 1.85 bits per heavy atom. The lowest BCUT2D eigenvalue weighted by Gasteiger charge is -2.28. The molecule has 0 bridgehead atoms. The van der Waals surface area contributed by atoms with Crippen LogP contribution in [0.5, 0.6) is 0 Å². The molecule has 78 valence electrons. The van der Waals surface area contributed by atoms with E-state index in [-0.39, 0.29) is 0 Å². The third kappa shape index (κ3) is 5.83. The number of nitrogens with two attached hydrogens (primary N) is 1. The van der Waals surface area contributed by atoms with Gasteiger partial charge in [-0.25, -0.2) is 0 Å². The van der Waals surface area contributed by atoms with Crippen LogP contribution in [0.25, 0.3) is 0 Å². The summed E-state index contributed by atoms with van der Waals surface area (Å²) in [7, 11) is 0. The van der Waals surface area contributed by atoms with Gasteiger partial charge in [0.25, 0.3) is 0 Å². The molecule has 0 atom stereocenters. The van der Waals surface area contributed by atoms with E-state index < -0.39 is 0 Å². The molecule has 0 aliphatic rings. The zero-order valence-corrected chi connectivity index (χ0v) is 9.51. The third-order valence-corrected chi connectivity index (χ3v) is 2.05. The molecule has 0 saturated heterocycles. The van der Waals surface area contributed by atoms with E-state index in [1.165, 1.54) is 0 Å². The summed E-state index contributed by atoms with van der Waals surface area (Å²) < 4.78 is 0. The Balaban J connectivity index is 4.02. The molecule has 0 rings (SSSR count). The van der Waals surface area contributed by atoms with Crippen molar-refractivity contribution in [3.05, 3.63) is 12.2 Å². The van der Waals surface area contributed by atoms with Crippen LogP contribution in [-0.4, -0.2) is 30.6 Å². The smallest absolute Gasteiger partial charge is 0.0205 e. The molecule has 0 aromatic heterocycles. The van der Waals surface area contributed by atoms with Gasteiger partial charge in [-0.15, -0.1) is 0 Å². The molecule has 2 N–H and O–H groups in total. The first-order chi connectivity index (χ1) is 5.97. The zero-order chi connectivity index (χ0) is 10.4. The van der Waals surface area contributed by atoms with Gasteiger partial charge < -0.3 is 5.73 Å². The zero-order valence-electron chi connectivity index (χ0n) is 9.51. The molecule has 0 unspecified atom stereocenters. The number of hydrogen-bond donors (Lipinski definition) is 1. The van der Waals surface area contributed by atoms with E-state index in [1.54, 1.807) is 0 Å². The van der Waals surface area contributed by atoms with Crippen LogP contribution in [0.15, 0.2) is 12.2 Å². The van der Waals surface area contributed by atoms with Crippen LogP contribution in [-0.2, 0) is 0 Å². The molecule has 0 aromatic rings. The Kier molecular flexibility index (Phi) is 6.00. The lowest BCUT2D eigenvalue weighted by atomic mass is 10.1. The molecule has 0 saturated carbocycles. The molecular weight excluding hydrogens is 160 g/mol. The highest BCUT2D eigenvalue weighted by molar-refractivity contribution is 4.99. The minimum absolute atomic E-state index is 0.575. The standard InChI is InChI=1S/C11H24N2/c1-9(2)7-13(10(3)4)8-11(5)6-12/h9-10H,5-8,12H2,1-4H3. The van der Waals surface area contributed by atoms with Crippen molar-refractivity contribution in [2.45, 2.75) is 33.7 Å². The maximum absolute atomic E-state index is 5.53. The van der Waals surface area contributed by atoms with E-state index in [4.69, 9.17) is 5.73 Å². The summed E-state index contributed by atoms with van der Waals surface area (Å²) in [5, 5.41) is 0. The Morgan fingerprint density at radius 3 is 2.15 bits per heavy atom. The number of hydrogen-bond acceptors (Lipinski definition) is 2. The fourth-order valence-electron chi connectivity index (χ4n) is 1.28. The maximum Gasteiger partial charge on any atom is 0.0205 e. The second-order valence-electron chi connectivity index (χ2n) is 4.37. The van der Waals surface area contributed by atoms with Crippen molar-refractivity contribution in [1.82, 2.24) is 4.90 Å². The fraction of sp³-hybridized carbons (Fsp3) is 0.818. The summed E-state index contributed by atoms with van der Waals surface area (Å²) in [4.78, 5) is 2.42. The SMILES string of the molecule is C=C(CN)CN(CC(C)C)C(C)C. The summed E-state index contributed by atoms with van der Waals surface area (Å²) in [6, 6.07) is 0.575.